The number of carbonyl (C=O) groups excluding carboxylic acids is 1. The van der Waals surface area contributed by atoms with Gasteiger partial charge in [-0.15, -0.1) is 0 Å². The molecule has 1 aliphatic heterocycles. The fourth-order valence-electron chi connectivity index (χ4n) is 1.91. The van der Waals surface area contributed by atoms with Gasteiger partial charge in [0.25, 0.3) is 0 Å². The molecule has 0 unspecified atom stereocenters. The van der Waals surface area contributed by atoms with Crippen LogP contribution in [0.3, 0.4) is 0 Å². The Kier molecular flexibility index (Phi) is 4.61. The summed E-state index contributed by atoms with van der Waals surface area (Å²) in [6.07, 6.45) is -4.87. The zero-order valence-electron chi connectivity index (χ0n) is 10.7. The van der Waals surface area contributed by atoms with Crippen LogP contribution < -0.4 is 5.32 Å². The van der Waals surface area contributed by atoms with Crippen LogP contribution in [-0.4, -0.2) is 43.3 Å². The van der Waals surface area contributed by atoms with E-state index in [0.29, 0.717) is 13.2 Å². The van der Waals surface area contributed by atoms with E-state index in [0.717, 1.165) is 25.2 Å². The monoisotopic (exact) mass is 288 g/mol. The first-order valence-corrected chi connectivity index (χ1v) is 6.22. The minimum atomic E-state index is -4.87. The molecule has 4 nitrogen and oxygen atoms in total. The molecule has 1 N–H and O–H groups in total. The molecule has 1 saturated heterocycles. The zero-order chi connectivity index (χ0) is 14.6. The van der Waals surface area contributed by atoms with Gasteiger partial charge in [-0.3, -0.25) is 9.69 Å². The zero-order valence-corrected chi connectivity index (χ0v) is 10.7. The maximum atomic E-state index is 12.1. The second kappa shape index (κ2) is 6.23. The van der Waals surface area contributed by atoms with Gasteiger partial charge in [-0.05, 0) is 17.7 Å². The van der Waals surface area contributed by atoms with Crippen molar-refractivity contribution in [3.05, 3.63) is 29.8 Å². The normalized spacial score (nSPS) is 16.9. The van der Waals surface area contributed by atoms with Crippen molar-refractivity contribution in [2.75, 3.05) is 31.6 Å². The third kappa shape index (κ3) is 4.21. The van der Waals surface area contributed by atoms with E-state index in [9.17, 15) is 18.0 Å². The standard InChI is InChI=1S/C13H15F3N2O2/c14-13(15,16)12(19)17-11-3-1-10(2-4-11)9-18-5-7-20-8-6-18/h1-4H,5-9H2,(H,17,19). The van der Waals surface area contributed by atoms with Crippen LogP contribution in [0.1, 0.15) is 5.56 Å². The maximum absolute atomic E-state index is 12.1. The largest absolute Gasteiger partial charge is 0.471 e. The number of benzene rings is 1. The topological polar surface area (TPSA) is 41.6 Å². The molecule has 0 aromatic heterocycles. The molecule has 0 radical (unpaired) electrons. The number of amides is 1. The maximum Gasteiger partial charge on any atom is 0.471 e. The van der Waals surface area contributed by atoms with Crippen molar-refractivity contribution in [2.45, 2.75) is 12.7 Å². The highest BCUT2D eigenvalue weighted by Gasteiger charge is 2.38. The number of morpholine rings is 1. The Bertz CT molecular complexity index is 454. The minimum Gasteiger partial charge on any atom is -0.379 e. The van der Waals surface area contributed by atoms with Gasteiger partial charge >= 0.3 is 12.1 Å². The summed E-state index contributed by atoms with van der Waals surface area (Å²) in [4.78, 5) is 13.0. The quantitative estimate of drug-likeness (QED) is 0.925. The van der Waals surface area contributed by atoms with Crippen LogP contribution in [0.2, 0.25) is 0 Å². The number of carbonyl (C=O) groups is 1. The molecule has 110 valence electrons. The van der Waals surface area contributed by atoms with Gasteiger partial charge in [-0.25, -0.2) is 0 Å². The SMILES string of the molecule is O=C(Nc1ccc(CN2CCOCC2)cc1)C(F)(F)F. The second-order valence-corrected chi connectivity index (χ2v) is 4.54. The molecule has 1 amide bonds. The van der Waals surface area contributed by atoms with Crippen molar-refractivity contribution >= 4 is 11.6 Å². The van der Waals surface area contributed by atoms with E-state index in [2.05, 4.69) is 4.90 Å². The molecular formula is C13H15F3N2O2. The molecule has 0 bridgehead atoms. The Balaban J connectivity index is 1.91. The summed E-state index contributed by atoms with van der Waals surface area (Å²) in [6.45, 7) is 3.79. The fraction of sp³-hybridized carbons (Fsp3) is 0.462. The van der Waals surface area contributed by atoms with Crippen LogP contribution in [0.15, 0.2) is 24.3 Å². The summed E-state index contributed by atoms with van der Waals surface area (Å²) in [6, 6.07) is 6.36. The number of anilines is 1. The second-order valence-electron chi connectivity index (χ2n) is 4.54. The molecule has 1 fully saturated rings. The lowest BCUT2D eigenvalue weighted by molar-refractivity contribution is -0.167. The van der Waals surface area contributed by atoms with Crippen LogP contribution in [0, 0.1) is 0 Å². The van der Waals surface area contributed by atoms with Gasteiger partial charge in [0.05, 0.1) is 13.2 Å². The smallest absolute Gasteiger partial charge is 0.379 e. The van der Waals surface area contributed by atoms with Crippen molar-refractivity contribution in [1.82, 2.24) is 4.90 Å². The van der Waals surface area contributed by atoms with Crippen LogP contribution >= 0.6 is 0 Å². The van der Waals surface area contributed by atoms with Gasteiger partial charge in [0, 0.05) is 25.3 Å². The van der Waals surface area contributed by atoms with Gasteiger partial charge in [-0.2, -0.15) is 13.2 Å². The van der Waals surface area contributed by atoms with E-state index in [4.69, 9.17) is 4.74 Å². The Morgan fingerprint density at radius 3 is 2.35 bits per heavy atom. The van der Waals surface area contributed by atoms with Crippen molar-refractivity contribution < 1.29 is 22.7 Å². The van der Waals surface area contributed by atoms with E-state index in [1.807, 2.05) is 5.32 Å². The number of ether oxygens (including phenoxy) is 1. The number of alkyl halides is 3. The lowest BCUT2D eigenvalue weighted by Gasteiger charge is -2.26. The number of hydrogen-bond acceptors (Lipinski definition) is 3. The van der Waals surface area contributed by atoms with Gasteiger partial charge < -0.3 is 10.1 Å². The third-order valence-electron chi connectivity index (χ3n) is 2.98. The Hall–Kier alpha value is -1.60. The summed E-state index contributed by atoms with van der Waals surface area (Å²) in [5.41, 5.74) is 1.12. The summed E-state index contributed by atoms with van der Waals surface area (Å²) in [5.74, 6) is -1.96. The first kappa shape index (κ1) is 14.8. The molecule has 0 aliphatic carbocycles. The van der Waals surface area contributed by atoms with Crippen molar-refractivity contribution in [3.63, 3.8) is 0 Å². The highest BCUT2D eigenvalue weighted by Crippen LogP contribution is 2.19. The van der Waals surface area contributed by atoms with Crippen LogP contribution in [0.4, 0.5) is 18.9 Å². The first-order chi connectivity index (χ1) is 9.45. The first-order valence-electron chi connectivity index (χ1n) is 6.22. The van der Waals surface area contributed by atoms with Gasteiger partial charge in [0.1, 0.15) is 0 Å². The minimum absolute atomic E-state index is 0.137. The molecule has 1 aliphatic rings. The molecule has 1 heterocycles. The highest BCUT2D eigenvalue weighted by molar-refractivity contribution is 5.94. The van der Waals surface area contributed by atoms with Crippen LogP contribution in [0.5, 0.6) is 0 Å². The summed E-state index contributed by atoms with van der Waals surface area (Å²) in [5, 5.41) is 1.82. The fourth-order valence-corrected chi connectivity index (χ4v) is 1.91. The predicted octanol–water partition coefficient (Wildman–Crippen LogP) is 2.02. The summed E-state index contributed by atoms with van der Waals surface area (Å²) < 4.78 is 41.5. The molecular weight excluding hydrogens is 273 g/mol. The van der Waals surface area contributed by atoms with E-state index >= 15 is 0 Å². The average molecular weight is 288 g/mol. The lowest BCUT2D eigenvalue weighted by atomic mass is 10.2. The van der Waals surface area contributed by atoms with Crippen molar-refractivity contribution in [2.24, 2.45) is 0 Å². The number of rotatable bonds is 3. The van der Waals surface area contributed by atoms with Gasteiger partial charge in [0.2, 0.25) is 0 Å². The van der Waals surface area contributed by atoms with Crippen molar-refractivity contribution in [1.29, 1.82) is 0 Å². The van der Waals surface area contributed by atoms with E-state index in [-0.39, 0.29) is 5.69 Å². The molecule has 0 atom stereocenters. The lowest BCUT2D eigenvalue weighted by Crippen LogP contribution is -2.35. The van der Waals surface area contributed by atoms with Crippen molar-refractivity contribution in [3.8, 4) is 0 Å². The van der Waals surface area contributed by atoms with Crippen LogP contribution in [0.25, 0.3) is 0 Å². The number of halogens is 3. The average Bonchev–Trinajstić information content (AvgIpc) is 2.41. The Morgan fingerprint density at radius 1 is 1.20 bits per heavy atom. The molecule has 0 spiro atoms. The number of nitrogens with zero attached hydrogens (tertiary/aromatic N) is 1. The molecule has 1 aromatic carbocycles. The number of nitrogens with one attached hydrogen (secondary N) is 1. The predicted molar refractivity (Wildman–Crippen MR) is 67.2 cm³/mol. The number of hydrogen-bond donors (Lipinski definition) is 1. The molecule has 1 aromatic rings. The van der Waals surface area contributed by atoms with Crippen LogP contribution in [-0.2, 0) is 16.1 Å². The summed E-state index contributed by atoms with van der Waals surface area (Å²) in [7, 11) is 0. The van der Waals surface area contributed by atoms with E-state index in [1.165, 1.54) is 12.1 Å². The van der Waals surface area contributed by atoms with Gasteiger partial charge in [-0.1, -0.05) is 12.1 Å². The third-order valence-corrected chi connectivity index (χ3v) is 2.98. The highest BCUT2D eigenvalue weighted by atomic mass is 19.4. The molecule has 0 saturated carbocycles. The van der Waals surface area contributed by atoms with Gasteiger partial charge in [0.15, 0.2) is 0 Å². The molecule has 20 heavy (non-hydrogen) atoms. The molecule has 2 rings (SSSR count). The molecule has 7 heteroatoms. The Labute approximate surface area is 114 Å². The Morgan fingerprint density at radius 2 is 1.80 bits per heavy atom. The van der Waals surface area contributed by atoms with E-state index < -0.39 is 12.1 Å². The van der Waals surface area contributed by atoms with E-state index in [1.54, 1.807) is 12.1 Å². The summed E-state index contributed by atoms with van der Waals surface area (Å²) >= 11 is 0.